The van der Waals surface area contributed by atoms with Crippen LogP contribution in [0.1, 0.15) is 18.2 Å². The summed E-state index contributed by atoms with van der Waals surface area (Å²) in [5.74, 6) is -0.279. The van der Waals surface area contributed by atoms with Gasteiger partial charge in [-0.25, -0.2) is 4.98 Å². The number of carbonyl (C=O) groups is 1. The van der Waals surface area contributed by atoms with E-state index in [9.17, 15) is 4.79 Å². The first-order valence-electron chi connectivity index (χ1n) is 6.32. The van der Waals surface area contributed by atoms with E-state index in [1.807, 2.05) is 12.1 Å². The molecule has 0 aliphatic carbocycles. The van der Waals surface area contributed by atoms with E-state index in [1.54, 1.807) is 30.7 Å². The standard InChI is InChI=1S/C14H14ClN3O2S/c1-2-20-13(19)7-12-9-21-14(17-12)18-16-8-10-3-5-11(15)6-4-10/h3-6,8-9H,2,7H2,1H3,(H,17,18)/b16-8+. The molecule has 1 aromatic carbocycles. The molecule has 2 aromatic rings. The lowest BCUT2D eigenvalue weighted by molar-refractivity contribution is -0.142. The first-order chi connectivity index (χ1) is 10.2. The average molecular weight is 324 g/mol. The Morgan fingerprint density at radius 1 is 1.48 bits per heavy atom. The molecule has 5 nitrogen and oxygen atoms in total. The molecule has 0 fully saturated rings. The van der Waals surface area contributed by atoms with Gasteiger partial charge >= 0.3 is 5.97 Å². The molecule has 1 aromatic heterocycles. The Hall–Kier alpha value is -1.92. The summed E-state index contributed by atoms with van der Waals surface area (Å²) in [6, 6.07) is 7.32. The number of hydrogen-bond acceptors (Lipinski definition) is 6. The SMILES string of the molecule is CCOC(=O)Cc1csc(N/N=C/c2ccc(Cl)cc2)n1. The van der Waals surface area contributed by atoms with Gasteiger partial charge in [-0.2, -0.15) is 5.10 Å². The maximum absolute atomic E-state index is 11.3. The number of hydrogen-bond donors (Lipinski definition) is 1. The molecule has 7 heteroatoms. The monoisotopic (exact) mass is 323 g/mol. The molecule has 0 aliphatic rings. The van der Waals surface area contributed by atoms with Crippen molar-refractivity contribution in [3.8, 4) is 0 Å². The van der Waals surface area contributed by atoms with Crippen LogP contribution in [0.5, 0.6) is 0 Å². The predicted molar refractivity (Wildman–Crippen MR) is 85.1 cm³/mol. The third-order valence-electron chi connectivity index (χ3n) is 2.43. The largest absolute Gasteiger partial charge is 0.466 e. The first-order valence-corrected chi connectivity index (χ1v) is 7.58. The molecule has 1 heterocycles. The van der Waals surface area contributed by atoms with Crippen molar-refractivity contribution in [2.45, 2.75) is 13.3 Å². The second-order valence-electron chi connectivity index (χ2n) is 4.05. The number of nitrogens with zero attached hydrogens (tertiary/aromatic N) is 2. The van der Waals surface area contributed by atoms with Crippen LogP contribution in [-0.2, 0) is 16.0 Å². The minimum atomic E-state index is -0.279. The van der Waals surface area contributed by atoms with Gasteiger partial charge in [-0.1, -0.05) is 23.7 Å². The Kier molecular flexibility index (Phi) is 5.71. The average Bonchev–Trinajstić information content (AvgIpc) is 2.89. The summed E-state index contributed by atoms with van der Waals surface area (Å²) in [4.78, 5) is 15.6. The summed E-state index contributed by atoms with van der Waals surface area (Å²) >= 11 is 7.18. The minimum Gasteiger partial charge on any atom is -0.466 e. The van der Waals surface area contributed by atoms with E-state index in [2.05, 4.69) is 15.5 Å². The number of hydrazone groups is 1. The third kappa shape index (κ3) is 5.17. The molecule has 0 aliphatic heterocycles. The molecule has 0 unspecified atom stereocenters. The van der Waals surface area contributed by atoms with Crippen molar-refractivity contribution in [2.75, 3.05) is 12.0 Å². The van der Waals surface area contributed by atoms with Gasteiger partial charge in [0.25, 0.3) is 0 Å². The first kappa shape index (κ1) is 15.5. The Morgan fingerprint density at radius 3 is 2.95 bits per heavy atom. The second kappa shape index (κ2) is 7.75. The summed E-state index contributed by atoms with van der Waals surface area (Å²) in [6.07, 6.45) is 1.84. The number of rotatable bonds is 6. The van der Waals surface area contributed by atoms with Crippen molar-refractivity contribution in [3.63, 3.8) is 0 Å². The number of esters is 1. The van der Waals surface area contributed by atoms with Gasteiger partial charge in [-0.15, -0.1) is 11.3 Å². The maximum atomic E-state index is 11.3. The van der Waals surface area contributed by atoms with Crippen LogP contribution in [0.2, 0.25) is 5.02 Å². The van der Waals surface area contributed by atoms with Crippen LogP contribution in [0.3, 0.4) is 0 Å². The van der Waals surface area contributed by atoms with Gasteiger partial charge in [0.1, 0.15) is 0 Å². The van der Waals surface area contributed by atoms with Gasteiger partial charge < -0.3 is 4.74 Å². The molecule has 0 saturated heterocycles. The number of anilines is 1. The normalized spacial score (nSPS) is 10.8. The highest BCUT2D eigenvalue weighted by molar-refractivity contribution is 7.13. The molecule has 0 atom stereocenters. The number of thiazole rings is 1. The van der Waals surface area contributed by atoms with E-state index in [0.29, 0.717) is 22.5 Å². The fraction of sp³-hybridized carbons (Fsp3) is 0.214. The highest BCUT2D eigenvalue weighted by Crippen LogP contribution is 2.16. The summed E-state index contributed by atoms with van der Waals surface area (Å²) in [5, 5.41) is 7.20. The zero-order valence-corrected chi connectivity index (χ0v) is 12.9. The Morgan fingerprint density at radius 2 is 2.24 bits per heavy atom. The van der Waals surface area contributed by atoms with Gasteiger partial charge in [0.15, 0.2) is 0 Å². The number of benzene rings is 1. The molecule has 0 bridgehead atoms. The van der Waals surface area contributed by atoms with Crippen LogP contribution in [0.4, 0.5) is 5.13 Å². The lowest BCUT2D eigenvalue weighted by atomic mass is 10.2. The van der Waals surface area contributed by atoms with Crippen molar-refractivity contribution >= 4 is 40.3 Å². The molecule has 0 amide bonds. The zero-order valence-electron chi connectivity index (χ0n) is 11.4. The van der Waals surface area contributed by atoms with Gasteiger partial charge in [0.2, 0.25) is 5.13 Å². The van der Waals surface area contributed by atoms with Crippen molar-refractivity contribution < 1.29 is 9.53 Å². The van der Waals surface area contributed by atoms with E-state index in [-0.39, 0.29) is 12.4 Å². The fourth-order valence-corrected chi connectivity index (χ4v) is 2.30. The molecule has 0 spiro atoms. The minimum absolute atomic E-state index is 0.174. The van der Waals surface area contributed by atoms with Crippen LogP contribution >= 0.6 is 22.9 Å². The van der Waals surface area contributed by atoms with Crippen molar-refractivity contribution in [3.05, 3.63) is 45.9 Å². The summed E-state index contributed by atoms with van der Waals surface area (Å²) in [5.41, 5.74) is 4.42. The van der Waals surface area contributed by atoms with Crippen LogP contribution in [-0.4, -0.2) is 23.8 Å². The number of aromatic nitrogens is 1. The summed E-state index contributed by atoms with van der Waals surface area (Å²) < 4.78 is 4.87. The van der Waals surface area contributed by atoms with Crippen LogP contribution in [0, 0.1) is 0 Å². The highest BCUT2D eigenvalue weighted by atomic mass is 35.5. The topological polar surface area (TPSA) is 63.6 Å². The molecule has 1 N–H and O–H groups in total. The smallest absolute Gasteiger partial charge is 0.311 e. The van der Waals surface area contributed by atoms with E-state index < -0.39 is 0 Å². The molecule has 0 saturated carbocycles. The quantitative estimate of drug-likeness (QED) is 0.503. The van der Waals surface area contributed by atoms with Crippen LogP contribution in [0.15, 0.2) is 34.7 Å². The molecule has 2 rings (SSSR count). The zero-order chi connectivity index (χ0) is 15.1. The fourth-order valence-electron chi connectivity index (χ4n) is 1.51. The van der Waals surface area contributed by atoms with E-state index in [0.717, 1.165) is 5.56 Å². The third-order valence-corrected chi connectivity index (χ3v) is 3.47. The lowest BCUT2D eigenvalue weighted by Crippen LogP contribution is -2.07. The van der Waals surface area contributed by atoms with Crippen LogP contribution in [0.25, 0.3) is 0 Å². The molecular formula is C14H14ClN3O2S. The molecule has 0 radical (unpaired) electrons. The highest BCUT2D eigenvalue weighted by Gasteiger charge is 2.07. The van der Waals surface area contributed by atoms with Gasteiger partial charge in [-0.05, 0) is 24.6 Å². The van der Waals surface area contributed by atoms with E-state index in [4.69, 9.17) is 16.3 Å². The van der Waals surface area contributed by atoms with Crippen molar-refractivity contribution in [1.82, 2.24) is 4.98 Å². The lowest BCUT2D eigenvalue weighted by Gasteiger charge is -1.98. The van der Waals surface area contributed by atoms with Crippen LogP contribution < -0.4 is 5.43 Å². The Balaban J connectivity index is 1.87. The number of carbonyl (C=O) groups excluding carboxylic acids is 1. The molecular weight excluding hydrogens is 310 g/mol. The van der Waals surface area contributed by atoms with Gasteiger partial charge in [-0.3, -0.25) is 10.2 Å². The van der Waals surface area contributed by atoms with E-state index >= 15 is 0 Å². The van der Waals surface area contributed by atoms with Crippen molar-refractivity contribution in [2.24, 2.45) is 5.10 Å². The van der Waals surface area contributed by atoms with E-state index in [1.165, 1.54) is 11.3 Å². The number of halogens is 1. The Bertz CT molecular complexity index is 625. The summed E-state index contributed by atoms with van der Waals surface area (Å²) in [6.45, 7) is 2.15. The second-order valence-corrected chi connectivity index (χ2v) is 5.34. The maximum Gasteiger partial charge on any atom is 0.311 e. The molecule has 21 heavy (non-hydrogen) atoms. The van der Waals surface area contributed by atoms with Gasteiger partial charge in [0.05, 0.1) is 24.9 Å². The predicted octanol–water partition coefficient (Wildman–Crippen LogP) is 3.35. The molecule has 110 valence electrons. The van der Waals surface area contributed by atoms with Gasteiger partial charge in [0, 0.05) is 10.4 Å². The summed E-state index contributed by atoms with van der Waals surface area (Å²) in [7, 11) is 0. The van der Waals surface area contributed by atoms with Crippen molar-refractivity contribution in [1.29, 1.82) is 0 Å². The Labute approximate surface area is 131 Å². The number of ether oxygens (including phenoxy) is 1. The number of nitrogens with one attached hydrogen (secondary N) is 1.